The standard InChI is InChI=1S/C23H31FN7O7P/c1-12(2)36-22(33)13(3)30-39(34,38-14-8-6-5-7-9-14)35-10-15-18(32)16(24)21(37-15)31-11-27-17-19(26-4)28-23(25)29-20(17)31/h5-9,11-13,15-16,18,21,32H,10H2,1-4H3,(H,30,34)(H3,25,26,28,29)/t13-,15+,16+,18?,21+,39-/m0/s1. The van der Waals surface area contributed by atoms with Crippen molar-refractivity contribution >= 4 is 36.6 Å². The number of hydrogen-bond donors (Lipinski definition) is 4. The lowest BCUT2D eigenvalue weighted by Gasteiger charge is -2.25. The molecular weight excluding hydrogens is 536 g/mol. The molecule has 14 nitrogen and oxygen atoms in total. The van der Waals surface area contributed by atoms with E-state index in [1.165, 1.54) is 17.8 Å². The van der Waals surface area contributed by atoms with Gasteiger partial charge in [-0.2, -0.15) is 15.1 Å². The van der Waals surface area contributed by atoms with E-state index in [1.807, 2.05) is 0 Å². The Morgan fingerprint density at radius 2 is 2.00 bits per heavy atom. The van der Waals surface area contributed by atoms with Crippen molar-refractivity contribution in [3.8, 4) is 5.75 Å². The Kier molecular flexibility index (Phi) is 8.67. The van der Waals surface area contributed by atoms with Gasteiger partial charge in [0.25, 0.3) is 0 Å². The van der Waals surface area contributed by atoms with E-state index in [9.17, 15) is 14.5 Å². The number of fused-ring (bicyclic) bond motifs is 1. The summed E-state index contributed by atoms with van der Waals surface area (Å²) in [4.78, 5) is 24.7. The number of nitrogens with two attached hydrogens (primary N) is 1. The van der Waals surface area contributed by atoms with Gasteiger partial charge in [0, 0.05) is 7.05 Å². The number of hydrogen-bond acceptors (Lipinski definition) is 12. The topological polar surface area (TPSA) is 185 Å². The Morgan fingerprint density at radius 1 is 1.28 bits per heavy atom. The number of ether oxygens (including phenoxy) is 2. The number of para-hydroxylation sites is 1. The molecule has 4 rings (SSSR count). The monoisotopic (exact) mass is 567 g/mol. The number of aliphatic hydroxyl groups excluding tert-OH is 1. The first-order chi connectivity index (χ1) is 18.5. The number of nitrogens with one attached hydrogen (secondary N) is 2. The van der Waals surface area contributed by atoms with Crippen molar-refractivity contribution < 1.29 is 37.4 Å². The van der Waals surface area contributed by atoms with E-state index in [0.717, 1.165) is 0 Å². The fourth-order valence-corrected chi connectivity index (χ4v) is 5.37. The van der Waals surface area contributed by atoms with Crippen molar-refractivity contribution in [1.82, 2.24) is 24.6 Å². The summed E-state index contributed by atoms with van der Waals surface area (Å²) in [6.45, 7) is 4.23. The number of benzene rings is 1. The third kappa shape index (κ3) is 6.45. The lowest BCUT2D eigenvalue weighted by atomic mass is 10.1. The van der Waals surface area contributed by atoms with Crippen molar-refractivity contribution in [3.05, 3.63) is 36.7 Å². The van der Waals surface area contributed by atoms with Gasteiger partial charge in [-0.25, -0.2) is 13.9 Å². The van der Waals surface area contributed by atoms with Gasteiger partial charge in [-0.3, -0.25) is 13.9 Å². The summed E-state index contributed by atoms with van der Waals surface area (Å²) < 4.78 is 52.3. The molecule has 1 saturated heterocycles. The molecule has 3 heterocycles. The second-order valence-corrected chi connectivity index (χ2v) is 10.7. The van der Waals surface area contributed by atoms with Crippen LogP contribution in [-0.4, -0.2) is 74.8 Å². The molecule has 39 heavy (non-hydrogen) atoms. The van der Waals surface area contributed by atoms with E-state index in [1.54, 1.807) is 51.2 Å². The normalized spacial score (nSPS) is 23.5. The zero-order valence-electron chi connectivity index (χ0n) is 21.7. The molecule has 0 spiro atoms. The summed E-state index contributed by atoms with van der Waals surface area (Å²) in [5.41, 5.74) is 6.28. The minimum absolute atomic E-state index is 0.0716. The van der Waals surface area contributed by atoms with Gasteiger partial charge in [-0.05, 0) is 32.9 Å². The van der Waals surface area contributed by atoms with Gasteiger partial charge >= 0.3 is 13.7 Å². The highest BCUT2D eigenvalue weighted by molar-refractivity contribution is 7.52. The first-order valence-electron chi connectivity index (χ1n) is 12.1. The van der Waals surface area contributed by atoms with Crippen LogP contribution in [0, 0.1) is 0 Å². The summed E-state index contributed by atoms with van der Waals surface area (Å²) in [6, 6.07) is 7.05. The Hall–Kier alpha value is -3.36. The molecule has 1 aliphatic heterocycles. The van der Waals surface area contributed by atoms with Gasteiger partial charge < -0.3 is 30.2 Å². The Morgan fingerprint density at radius 3 is 2.67 bits per heavy atom. The largest absolute Gasteiger partial charge is 0.462 e. The molecule has 1 unspecified atom stereocenters. The average molecular weight is 568 g/mol. The fraction of sp³-hybridized carbons (Fsp3) is 0.478. The number of alkyl halides is 1. The van der Waals surface area contributed by atoms with Crippen LogP contribution >= 0.6 is 7.75 Å². The fourth-order valence-electron chi connectivity index (χ4n) is 3.87. The van der Waals surface area contributed by atoms with E-state index in [0.29, 0.717) is 11.3 Å². The third-order valence-electron chi connectivity index (χ3n) is 5.68. The predicted octanol–water partition coefficient (Wildman–Crippen LogP) is 2.18. The van der Waals surface area contributed by atoms with Crippen LogP contribution in [0.15, 0.2) is 36.7 Å². The summed E-state index contributed by atoms with van der Waals surface area (Å²) >= 11 is 0. The van der Waals surface area contributed by atoms with Crippen LogP contribution < -0.4 is 20.7 Å². The summed E-state index contributed by atoms with van der Waals surface area (Å²) in [7, 11) is -2.64. The highest BCUT2D eigenvalue weighted by atomic mass is 31.2. The molecular formula is C23H31FN7O7P. The van der Waals surface area contributed by atoms with Crippen molar-refractivity contribution in [1.29, 1.82) is 0 Å². The van der Waals surface area contributed by atoms with Crippen LogP contribution in [0.4, 0.5) is 16.2 Å². The third-order valence-corrected chi connectivity index (χ3v) is 7.32. The number of aliphatic hydroxyl groups is 1. The number of anilines is 2. The molecule has 0 saturated carbocycles. The minimum atomic E-state index is -4.26. The quantitative estimate of drug-likeness (QED) is 0.195. The highest BCUT2D eigenvalue weighted by Gasteiger charge is 2.47. The maximum absolute atomic E-state index is 15.3. The van der Waals surface area contributed by atoms with E-state index in [4.69, 9.17) is 24.3 Å². The number of aromatic nitrogens is 4. The van der Waals surface area contributed by atoms with Gasteiger partial charge in [0.1, 0.15) is 24.0 Å². The van der Waals surface area contributed by atoms with Crippen LogP contribution in [0.2, 0.25) is 0 Å². The molecule has 1 fully saturated rings. The molecule has 0 amide bonds. The van der Waals surface area contributed by atoms with Crippen LogP contribution in [-0.2, 0) is 23.4 Å². The van der Waals surface area contributed by atoms with Gasteiger partial charge in [-0.1, -0.05) is 18.2 Å². The van der Waals surface area contributed by atoms with Gasteiger partial charge in [0.15, 0.2) is 29.4 Å². The first kappa shape index (κ1) is 28.6. The number of nitrogen functional groups attached to an aromatic ring is 1. The van der Waals surface area contributed by atoms with Crippen LogP contribution in [0.1, 0.15) is 27.0 Å². The van der Waals surface area contributed by atoms with Gasteiger partial charge in [0.2, 0.25) is 5.95 Å². The Labute approximate surface area is 223 Å². The number of halogens is 1. The highest BCUT2D eigenvalue weighted by Crippen LogP contribution is 2.46. The van der Waals surface area contributed by atoms with E-state index in [2.05, 4.69) is 25.4 Å². The SMILES string of the molecule is CNc1nc(N)nc2c1ncn2[C@@H]1O[C@H](CO[P@@](=O)(N[C@@H](C)C(=O)OC(C)C)Oc2ccccc2)C(O)[C@H]1F. The second kappa shape index (κ2) is 11.8. The Balaban J connectivity index is 1.52. The minimum Gasteiger partial charge on any atom is -0.462 e. The van der Waals surface area contributed by atoms with E-state index < -0.39 is 57.1 Å². The molecule has 3 aromatic rings. The van der Waals surface area contributed by atoms with Gasteiger partial charge in [0.05, 0.1) is 19.0 Å². The predicted molar refractivity (Wildman–Crippen MR) is 139 cm³/mol. The van der Waals surface area contributed by atoms with E-state index in [-0.39, 0.29) is 17.3 Å². The number of esters is 1. The number of carbonyl (C=O) groups excluding carboxylic acids is 1. The van der Waals surface area contributed by atoms with Gasteiger partial charge in [-0.15, -0.1) is 0 Å². The molecule has 1 aromatic carbocycles. The molecule has 5 N–H and O–H groups in total. The zero-order valence-corrected chi connectivity index (χ0v) is 22.6. The number of carbonyl (C=O) groups is 1. The van der Waals surface area contributed by atoms with Crippen molar-refractivity contribution in [2.45, 2.75) is 57.5 Å². The first-order valence-corrected chi connectivity index (χ1v) is 13.7. The molecule has 0 bridgehead atoms. The lowest BCUT2D eigenvalue weighted by molar-refractivity contribution is -0.149. The van der Waals surface area contributed by atoms with Crippen LogP contribution in [0.5, 0.6) is 5.75 Å². The molecule has 6 atom stereocenters. The zero-order chi connectivity index (χ0) is 28.3. The molecule has 16 heteroatoms. The number of imidazole rings is 1. The summed E-state index contributed by atoms with van der Waals surface area (Å²) in [5, 5.41) is 16.0. The Bertz CT molecular complexity index is 1350. The summed E-state index contributed by atoms with van der Waals surface area (Å²) in [6.07, 6.45) is -5.31. The lowest BCUT2D eigenvalue weighted by Crippen LogP contribution is -2.37. The van der Waals surface area contributed by atoms with Crippen LogP contribution in [0.25, 0.3) is 11.2 Å². The number of nitrogens with zero attached hydrogens (tertiary/aromatic N) is 4. The van der Waals surface area contributed by atoms with Crippen LogP contribution in [0.3, 0.4) is 0 Å². The number of rotatable bonds is 11. The smallest absolute Gasteiger partial charge is 0.459 e. The second-order valence-electron chi connectivity index (χ2n) is 9.04. The molecule has 0 aliphatic carbocycles. The van der Waals surface area contributed by atoms with Crippen molar-refractivity contribution in [3.63, 3.8) is 0 Å². The molecule has 0 radical (unpaired) electrons. The maximum Gasteiger partial charge on any atom is 0.459 e. The average Bonchev–Trinajstić information content (AvgIpc) is 3.42. The molecule has 1 aliphatic rings. The molecule has 2 aromatic heterocycles. The summed E-state index contributed by atoms with van der Waals surface area (Å²) in [5.74, 6) is -0.229. The van der Waals surface area contributed by atoms with Crippen molar-refractivity contribution in [2.75, 3.05) is 24.7 Å². The van der Waals surface area contributed by atoms with E-state index >= 15 is 4.39 Å². The van der Waals surface area contributed by atoms with Crippen molar-refractivity contribution in [2.24, 2.45) is 0 Å². The molecule has 212 valence electrons. The maximum atomic E-state index is 15.3.